The van der Waals surface area contributed by atoms with Crippen molar-refractivity contribution in [2.45, 2.75) is 31.7 Å². The first kappa shape index (κ1) is 16.2. The molecule has 1 N–H and O–H groups in total. The molecule has 0 atom stereocenters. The van der Waals surface area contributed by atoms with Crippen LogP contribution in [0.3, 0.4) is 0 Å². The largest absolute Gasteiger partial charge is 0.491 e. The molecule has 2 rings (SSSR count). The Balaban J connectivity index is 1.75. The number of carboxylic acids is 1. The zero-order valence-electron chi connectivity index (χ0n) is 11.9. The number of amides is 1. The number of hydrogen-bond acceptors (Lipinski definition) is 3. The molecule has 0 aromatic heterocycles. The molecule has 1 fully saturated rings. The number of carbonyl (C=O) groups is 2. The average Bonchev–Trinajstić information content (AvgIpc) is 3.27. The minimum Gasteiger partial charge on any atom is -0.491 e. The molecule has 120 valence electrons. The Morgan fingerprint density at radius 1 is 1.32 bits per heavy atom. The predicted octanol–water partition coefficient (Wildman–Crippen LogP) is 2.20. The number of rotatable bonds is 8. The van der Waals surface area contributed by atoms with E-state index in [1.54, 1.807) is 0 Å². The highest BCUT2D eigenvalue weighted by Gasteiger charge is 2.33. The van der Waals surface area contributed by atoms with Crippen LogP contribution in [0.5, 0.6) is 5.75 Å². The van der Waals surface area contributed by atoms with Crippen molar-refractivity contribution in [2.24, 2.45) is 0 Å². The van der Waals surface area contributed by atoms with Gasteiger partial charge >= 0.3 is 5.97 Å². The number of carboxylic acid groups (broad SMARTS) is 1. The highest BCUT2D eigenvalue weighted by Crippen LogP contribution is 2.27. The molecule has 1 amide bonds. The minimum atomic E-state index is -1.04. The molecule has 7 heteroatoms. The Morgan fingerprint density at radius 2 is 2.05 bits per heavy atom. The molecular formula is C15H17F2NO4. The third-order valence-electron chi connectivity index (χ3n) is 3.30. The summed E-state index contributed by atoms with van der Waals surface area (Å²) in [6.45, 7) is -0.198. The summed E-state index contributed by atoms with van der Waals surface area (Å²) in [5.74, 6) is -2.83. The molecule has 1 aromatic rings. The summed E-state index contributed by atoms with van der Waals surface area (Å²) in [6, 6.07) is 3.03. The second-order valence-corrected chi connectivity index (χ2v) is 5.17. The molecule has 0 spiro atoms. The van der Waals surface area contributed by atoms with Gasteiger partial charge in [0, 0.05) is 18.5 Å². The Morgan fingerprint density at radius 3 is 2.64 bits per heavy atom. The van der Waals surface area contributed by atoms with Crippen LogP contribution < -0.4 is 4.74 Å². The number of benzene rings is 1. The lowest BCUT2D eigenvalue weighted by Gasteiger charge is -2.20. The molecule has 0 heterocycles. The minimum absolute atomic E-state index is 0.0269. The smallest absolute Gasteiger partial charge is 0.323 e. The van der Waals surface area contributed by atoms with E-state index in [0.717, 1.165) is 25.0 Å². The number of hydrogen-bond donors (Lipinski definition) is 1. The van der Waals surface area contributed by atoms with E-state index in [1.165, 1.54) is 11.0 Å². The molecule has 1 aliphatic rings. The highest BCUT2D eigenvalue weighted by molar-refractivity contribution is 5.81. The van der Waals surface area contributed by atoms with E-state index in [2.05, 4.69) is 0 Å². The number of nitrogens with zero attached hydrogens (tertiary/aromatic N) is 1. The van der Waals surface area contributed by atoms with Gasteiger partial charge in [0.05, 0.1) is 6.61 Å². The summed E-state index contributed by atoms with van der Waals surface area (Å²) in [7, 11) is 0. The zero-order valence-corrected chi connectivity index (χ0v) is 11.9. The third-order valence-corrected chi connectivity index (χ3v) is 3.30. The molecule has 22 heavy (non-hydrogen) atoms. The van der Waals surface area contributed by atoms with Gasteiger partial charge in [0.2, 0.25) is 5.91 Å². The Bertz CT molecular complexity index is 560. The molecule has 1 aromatic carbocycles. The van der Waals surface area contributed by atoms with Crippen molar-refractivity contribution in [2.75, 3.05) is 13.2 Å². The SMILES string of the molecule is O=C(O)CN(C(=O)CCCOc1ccc(F)cc1F)C1CC1. The van der Waals surface area contributed by atoms with Gasteiger partial charge in [-0.15, -0.1) is 0 Å². The van der Waals surface area contributed by atoms with Crippen LogP contribution in [-0.4, -0.2) is 41.1 Å². The van der Waals surface area contributed by atoms with Crippen molar-refractivity contribution in [1.82, 2.24) is 4.90 Å². The Labute approximate surface area is 126 Å². The van der Waals surface area contributed by atoms with Crippen LogP contribution in [-0.2, 0) is 9.59 Å². The van der Waals surface area contributed by atoms with Crippen molar-refractivity contribution < 1.29 is 28.2 Å². The van der Waals surface area contributed by atoms with Crippen LogP contribution in [0.1, 0.15) is 25.7 Å². The highest BCUT2D eigenvalue weighted by atomic mass is 19.1. The van der Waals surface area contributed by atoms with Gasteiger partial charge in [-0.2, -0.15) is 0 Å². The lowest BCUT2D eigenvalue weighted by Crippen LogP contribution is -2.37. The fraction of sp³-hybridized carbons (Fsp3) is 0.467. The maximum Gasteiger partial charge on any atom is 0.323 e. The fourth-order valence-electron chi connectivity index (χ4n) is 2.09. The standard InChI is InChI=1S/C15H17F2NO4/c16-10-3-6-13(12(17)8-10)22-7-1-2-14(19)18(9-15(20)21)11-4-5-11/h3,6,8,11H,1-2,4-5,7,9H2,(H,20,21). The third kappa shape index (κ3) is 4.68. The van der Waals surface area contributed by atoms with Gasteiger partial charge in [0.1, 0.15) is 12.4 Å². The monoisotopic (exact) mass is 313 g/mol. The van der Waals surface area contributed by atoms with Gasteiger partial charge in [-0.3, -0.25) is 9.59 Å². The quantitative estimate of drug-likeness (QED) is 0.747. The van der Waals surface area contributed by atoms with E-state index in [0.29, 0.717) is 6.42 Å². The molecule has 5 nitrogen and oxygen atoms in total. The van der Waals surface area contributed by atoms with E-state index in [1.807, 2.05) is 0 Å². The zero-order chi connectivity index (χ0) is 16.1. The van der Waals surface area contributed by atoms with Crippen LogP contribution in [0.25, 0.3) is 0 Å². The van der Waals surface area contributed by atoms with Gasteiger partial charge < -0.3 is 14.7 Å². The molecule has 0 bridgehead atoms. The maximum absolute atomic E-state index is 13.3. The van der Waals surface area contributed by atoms with Crippen molar-refractivity contribution in [3.8, 4) is 5.75 Å². The summed E-state index contributed by atoms with van der Waals surface area (Å²) in [5, 5.41) is 8.79. The first-order valence-electron chi connectivity index (χ1n) is 7.06. The summed E-state index contributed by atoms with van der Waals surface area (Å²) in [5.41, 5.74) is 0. The van der Waals surface area contributed by atoms with E-state index in [4.69, 9.17) is 9.84 Å². The van der Waals surface area contributed by atoms with Crippen LogP contribution in [0.4, 0.5) is 8.78 Å². The summed E-state index contributed by atoms with van der Waals surface area (Å²) >= 11 is 0. The van der Waals surface area contributed by atoms with Gasteiger partial charge in [-0.05, 0) is 31.4 Å². The Kier molecular flexibility index (Phi) is 5.30. The normalized spacial score (nSPS) is 13.7. The number of aliphatic carboxylic acids is 1. The lowest BCUT2D eigenvalue weighted by molar-refractivity contribution is -0.145. The van der Waals surface area contributed by atoms with Crippen molar-refractivity contribution in [1.29, 1.82) is 0 Å². The molecule has 1 saturated carbocycles. The fourth-order valence-corrected chi connectivity index (χ4v) is 2.09. The second-order valence-electron chi connectivity index (χ2n) is 5.17. The molecular weight excluding hydrogens is 296 g/mol. The average molecular weight is 313 g/mol. The van der Waals surface area contributed by atoms with Gasteiger partial charge in [-0.1, -0.05) is 0 Å². The molecule has 0 aliphatic heterocycles. The van der Waals surface area contributed by atoms with Crippen molar-refractivity contribution in [3.05, 3.63) is 29.8 Å². The lowest BCUT2D eigenvalue weighted by atomic mass is 10.2. The summed E-state index contributed by atoms with van der Waals surface area (Å²) in [4.78, 5) is 24.1. The van der Waals surface area contributed by atoms with Crippen LogP contribution in [0.2, 0.25) is 0 Å². The molecule has 0 radical (unpaired) electrons. The van der Waals surface area contributed by atoms with E-state index in [9.17, 15) is 18.4 Å². The summed E-state index contributed by atoms with van der Waals surface area (Å²) in [6.07, 6.45) is 2.12. The van der Waals surface area contributed by atoms with Crippen molar-refractivity contribution in [3.63, 3.8) is 0 Å². The summed E-state index contributed by atoms with van der Waals surface area (Å²) < 4.78 is 31.2. The van der Waals surface area contributed by atoms with E-state index >= 15 is 0 Å². The van der Waals surface area contributed by atoms with Gasteiger partial charge in [-0.25, -0.2) is 8.78 Å². The predicted molar refractivity (Wildman–Crippen MR) is 73.5 cm³/mol. The van der Waals surface area contributed by atoms with Crippen molar-refractivity contribution >= 4 is 11.9 Å². The maximum atomic E-state index is 13.3. The van der Waals surface area contributed by atoms with E-state index in [-0.39, 0.29) is 37.3 Å². The van der Waals surface area contributed by atoms with Crippen LogP contribution >= 0.6 is 0 Å². The second kappa shape index (κ2) is 7.20. The van der Waals surface area contributed by atoms with Gasteiger partial charge in [0.15, 0.2) is 11.6 Å². The Hall–Kier alpha value is -2.18. The number of halogens is 2. The molecule has 0 unspecified atom stereocenters. The number of ether oxygens (including phenoxy) is 1. The first-order chi connectivity index (χ1) is 10.5. The van der Waals surface area contributed by atoms with E-state index < -0.39 is 17.6 Å². The van der Waals surface area contributed by atoms with Crippen LogP contribution in [0.15, 0.2) is 18.2 Å². The van der Waals surface area contributed by atoms with Gasteiger partial charge in [0.25, 0.3) is 0 Å². The first-order valence-corrected chi connectivity index (χ1v) is 7.06. The topological polar surface area (TPSA) is 66.8 Å². The molecule has 1 aliphatic carbocycles. The van der Waals surface area contributed by atoms with Crippen LogP contribution in [0, 0.1) is 11.6 Å². The molecule has 0 saturated heterocycles. The number of carbonyl (C=O) groups excluding carboxylic acids is 1.